The van der Waals surface area contributed by atoms with Crippen LogP contribution in [0.1, 0.15) is 36.0 Å². The number of nitrogens with zero attached hydrogens (tertiary/aromatic N) is 1. The lowest BCUT2D eigenvalue weighted by atomic mass is 9.96. The van der Waals surface area contributed by atoms with Gasteiger partial charge in [-0.1, -0.05) is 0 Å². The second kappa shape index (κ2) is 6.98. The lowest BCUT2D eigenvalue weighted by Gasteiger charge is -2.31. The molecule has 2 aliphatic rings. The quantitative estimate of drug-likeness (QED) is 0.817. The first-order valence-corrected chi connectivity index (χ1v) is 8.19. The normalized spacial score (nSPS) is 18.1. The molecule has 0 spiro atoms. The highest BCUT2D eigenvalue weighted by molar-refractivity contribution is 5.95. The number of amides is 3. The van der Waals surface area contributed by atoms with Gasteiger partial charge in [-0.25, -0.2) is 4.39 Å². The summed E-state index contributed by atoms with van der Waals surface area (Å²) in [6.07, 6.45) is 3.15. The maximum absolute atomic E-state index is 12.8. The van der Waals surface area contributed by atoms with E-state index < -0.39 is 11.7 Å². The van der Waals surface area contributed by atoms with Crippen molar-refractivity contribution in [3.63, 3.8) is 0 Å². The van der Waals surface area contributed by atoms with Crippen LogP contribution in [0.25, 0.3) is 0 Å². The van der Waals surface area contributed by atoms with Gasteiger partial charge in [0.25, 0.3) is 5.91 Å². The Bertz CT molecular complexity index is 635. The molecule has 128 valence electrons. The number of rotatable bonds is 3. The second-order valence-electron chi connectivity index (χ2n) is 6.32. The Labute approximate surface area is 139 Å². The first kappa shape index (κ1) is 16.4. The van der Waals surface area contributed by atoms with E-state index >= 15 is 0 Å². The molecule has 3 amide bonds. The van der Waals surface area contributed by atoms with Gasteiger partial charge in [0, 0.05) is 30.5 Å². The Balaban J connectivity index is 1.43. The van der Waals surface area contributed by atoms with Crippen molar-refractivity contribution < 1.29 is 18.8 Å². The van der Waals surface area contributed by atoms with Crippen molar-refractivity contribution in [3.05, 3.63) is 35.6 Å². The summed E-state index contributed by atoms with van der Waals surface area (Å²) in [4.78, 5) is 37.8. The number of hydrogen-bond acceptors (Lipinski definition) is 3. The predicted molar refractivity (Wildman–Crippen MR) is 84.0 cm³/mol. The van der Waals surface area contributed by atoms with E-state index in [9.17, 15) is 18.8 Å². The van der Waals surface area contributed by atoms with Gasteiger partial charge in [-0.15, -0.1) is 0 Å². The molecule has 7 heteroatoms. The molecule has 0 radical (unpaired) electrons. The monoisotopic (exact) mass is 333 g/mol. The predicted octanol–water partition coefficient (Wildman–Crippen LogP) is 1.24. The molecule has 1 saturated carbocycles. The highest BCUT2D eigenvalue weighted by atomic mass is 19.1. The van der Waals surface area contributed by atoms with Gasteiger partial charge in [0.15, 0.2) is 0 Å². The fourth-order valence-electron chi connectivity index (χ4n) is 2.84. The lowest BCUT2D eigenvalue weighted by Crippen LogP contribution is -2.48. The van der Waals surface area contributed by atoms with Crippen LogP contribution < -0.4 is 10.9 Å². The molecule has 1 saturated heterocycles. The van der Waals surface area contributed by atoms with Crippen LogP contribution in [-0.4, -0.2) is 35.7 Å². The molecule has 0 unspecified atom stereocenters. The van der Waals surface area contributed by atoms with Crippen molar-refractivity contribution in [1.29, 1.82) is 0 Å². The van der Waals surface area contributed by atoms with Crippen molar-refractivity contribution in [3.8, 4) is 0 Å². The van der Waals surface area contributed by atoms with E-state index in [4.69, 9.17) is 0 Å². The smallest absolute Gasteiger partial charge is 0.269 e. The summed E-state index contributed by atoms with van der Waals surface area (Å²) in [6.45, 7) is 1.17. The summed E-state index contributed by atoms with van der Waals surface area (Å²) >= 11 is 0. The van der Waals surface area contributed by atoms with Crippen molar-refractivity contribution in [1.82, 2.24) is 15.8 Å². The number of carbonyl (C=O) groups excluding carboxylic acids is 3. The Morgan fingerprint density at radius 1 is 0.917 bits per heavy atom. The maximum atomic E-state index is 12.8. The SMILES string of the molecule is O=C(NNC(=O)C1CCN(C(=O)C2CC2)CC1)c1ccc(F)cc1. The van der Waals surface area contributed by atoms with Crippen LogP contribution in [0.3, 0.4) is 0 Å². The number of carbonyl (C=O) groups is 3. The molecular weight excluding hydrogens is 313 g/mol. The number of piperidine rings is 1. The second-order valence-corrected chi connectivity index (χ2v) is 6.32. The standard InChI is InChI=1S/C17H20FN3O3/c18-14-5-3-11(4-6-14)15(22)19-20-16(23)12-7-9-21(10-8-12)17(24)13-1-2-13/h3-6,12-13H,1-2,7-10H2,(H,19,22)(H,20,23). The van der Waals surface area contributed by atoms with Crippen LogP contribution in [0.15, 0.2) is 24.3 Å². The summed E-state index contributed by atoms with van der Waals surface area (Å²) in [6, 6.07) is 5.06. The number of hydrazine groups is 1. The van der Waals surface area contributed by atoms with Gasteiger partial charge in [-0.2, -0.15) is 0 Å². The molecule has 6 nitrogen and oxygen atoms in total. The van der Waals surface area contributed by atoms with Crippen LogP contribution in [0.4, 0.5) is 4.39 Å². The molecule has 1 aromatic carbocycles. The van der Waals surface area contributed by atoms with Crippen LogP contribution in [-0.2, 0) is 9.59 Å². The number of benzene rings is 1. The van der Waals surface area contributed by atoms with Crippen molar-refractivity contribution in [2.24, 2.45) is 11.8 Å². The number of halogens is 1. The molecule has 2 fully saturated rings. The summed E-state index contributed by atoms with van der Waals surface area (Å²) in [5, 5.41) is 0. The van der Waals surface area contributed by atoms with Gasteiger partial charge in [0.2, 0.25) is 11.8 Å². The van der Waals surface area contributed by atoms with Gasteiger partial charge in [-0.05, 0) is 49.9 Å². The van der Waals surface area contributed by atoms with Crippen LogP contribution in [0, 0.1) is 17.7 Å². The summed E-state index contributed by atoms with van der Waals surface area (Å²) in [7, 11) is 0. The van der Waals surface area contributed by atoms with E-state index in [1.807, 2.05) is 4.90 Å². The Kier molecular flexibility index (Phi) is 4.78. The van der Waals surface area contributed by atoms with E-state index in [0.717, 1.165) is 12.8 Å². The fraction of sp³-hybridized carbons (Fsp3) is 0.471. The first-order chi connectivity index (χ1) is 11.5. The molecule has 1 aromatic rings. The van der Waals surface area contributed by atoms with Crippen molar-refractivity contribution in [2.75, 3.05) is 13.1 Å². The van der Waals surface area contributed by atoms with Crippen LogP contribution in [0.2, 0.25) is 0 Å². The molecule has 24 heavy (non-hydrogen) atoms. The fourth-order valence-corrected chi connectivity index (χ4v) is 2.84. The minimum atomic E-state index is -0.496. The minimum Gasteiger partial charge on any atom is -0.342 e. The average molecular weight is 333 g/mol. The van der Waals surface area contributed by atoms with E-state index in [1.54, 1.807) is 0 Å². The average Bonchev–Trinajstić information content (AvgIpc) is 3.44. The number of likely N-dealkylation sites (tertiary alicyclic amines) is 1. The Morgan fingerprint density at radius 2 is 1.54 bits per heavy atom. The van der Waals surface area contributed by atoms with E-state index in [2.05, 4.69) is 10.9 Å². The maximum Gasteiger partial charge on any atom is 0.269 e. The first-order valence-electron chi connectivity index (χ1n) is 8.19. The van der Waals surface area contributed by atoms with Crippen molar-refractivity contribution in [2.45, 2.75) is 25.7 Å². The van der Waals surface area contributed by atoms with Crippen LogP contribution >= 0.6 is 0 Å². The third-order valence-corrected chi connectivity index (χ3v) is 4.51. The molecule has 0 bridgehead atoms. The zero-order valence-corrected chi connectivity index (χ0v) is 13.3. The summed E-state index contributed by atoms with van der Waals surface area (Å²) in [5.74, 6) is -0.998. The third kappa shape index (κ3) is 3.90. The highest BCUT2D eigenvalue weighted by Crippen LogP contribution is 2.32. The van der Waals surface area contributed by atoms with Crippen LogP contribution in [0.5, 0.6) is 0 Å². The lowest BCUT2D eigenvalue weighted by molar-refractivity contribution is -0.136. The zero-order chi connectivity index (χ0) is 17.1. The highest BCUT2D eigenvalue weighted by Gasteiger charge is 2.35. The molecule has 0 aromatic heterocycles. The Morgan fingerprint density at radius 3 is 2.12 bits per heavy atom. The zero-order valence-electron chi connectivity index (χ0n) is 13.3. The topological polar surface area (TPSA) is 78.5 Å². The number of hydrogen-bond donors (Lipinski definition) is 2. The molecule has 2 N–H and O–H groups in total. The molecule has 3 rings (SSSR count). The van der Waals surface area contributed by atoms with Gasteiger partial charge in [0.05, 0.1) is 0 Å². The van der Waals surface area contributed by atoms with Gasteiger partial charge < -0.3 is 4.90 Å². The largest absolute Gasteiger partial charge is 0.342 e. The van der Waals surface area contributed by atoms with Crippen molar-refractivity contribution >= 4 is 17.7 Å². The van der Waals surface area contributed by atoms with E-state index in [1.165, 1.54) is 24.3 Å². The molecular formula is C17H20FN3O3. The minimum absolute atomic E-state index is 0.199. The third-order valence-electron chi connectivity index (χ3n) is 4.51. The molecule has 1 aliphatic carbocycles. The van der Waals surface area contributed by atoms with Gasteiger partial charge >= 0.3 is 0 Å². The molecule has 0 atom stereocenters. The molecule has 1 heterocycles. The molecule has 1 aliphatic heterocycles. The van der Waals surface area contributed by atoms with Gasteiger partial charge in [0.1, 0.15) is 5.82 Å². The summed E-state index contributed by atoms with van der Waals surface area (Å²) < 4.78 is 12.8. The Hall–Kier alpha value is -2.44. The van der Waals surface area contributed by atoms with E-state index in [-0.39, 0.29) is 29.2 Å². The van der Waals surface area contributed by atoms with Gasteiger partial charge in [-0.3, -0.25) is 25.2 Å². The summed E-state index contributed by atoms with van der Waals surface area (Å²) in [5.41, 5.74) is 5.01. The van der Waals surface area contributed by atoms with E-state index in [0.29, 0.717) is 25.9 Å². The number of nitrogens with one attached hydrogen (secondary N) is 2.